The third kappa shape index (κ3) is 9.81. The fourth-order valence-electron chi connectivity index (χ4n) is 3.62. The number of unbranched alkanes of at least 4 members (excludes halogenated alkanes) is 3. The minimum absolute atomic E-state index is 0.113. The van der Waals surface area contributed by atoms with Gasteiger partial charge in [-0.25, -0.2) is 4.79 Å². The smallest absolute Gasteiger partial charge is 0.338 e. The van der Waals surface area contributed by atoms with E-state index < -0.39 is 17.5 Å². The van der Waals surface area contributed by atoms with Gasteiger partial charge in [0, 0.05) is 12.5 Å². The summed E-state index contributed by atoms with van der Waals surface area (Å²) in [5, 5.41) is 8.49. The SMILES string of the molecule is CCOC(=O)c1cc(OCCCCCCOc2ccc(N=Nc3ccc(C)cc3)cc2)cc(C(=O)C(C)=O)c1. The number of Topliss-reactive ketones (excluding diaryl/α,β-unsaturated/α-hetero) is 2. The standard InChI is InChI=1S/C31H34N2O6/c1-4-37-31(36)25-19-24(30(35)23(3)34)20-29(21-25)39-18-8-6-5-7-17-38-28-15-13-27(14-16-28)33-32-26-11-9-22(2)10-12-26/h9-16,19-21H,4-8,17-18H2,1-3H3. The van der Waals surface area contributed by atoms with E-state index in [0.717, 1.165) is 42.8 Å². The Kier molecular flexibility index (Phi) is 11.4. The van der Waals surface area contributed by atoms with Crippen LogP contribution in [0.25, 0.3) is 0 Å². The maximum Gasteiger partial charge on any atom is 0.338 e. The van der Waals surface area contributed by atoms with Crippen LogP contribution in [0.15, 0.2) is 77.0 Å². The Hall–Kier alpha value is -4.33. The molecule has 0 fully saturated rings. The number of carbonyl (C=O) groups excluding carboxylic acids is 3. The minimum atomic E-state index is -0.674. The summed E-state index contributed by atoms with van der Waals surface area (Å²) in [5.74, 6) is -0.710. The highest BCUT2D eigenvalue weighted by atomic mass is 16.5. The monoisotopic (exact) mass is 530 g/mol. The lowest BCUT2D eigenvalue weighted by Crippen LogP contribution is -2.13. The molecule has 39 heavy (non-hydrogen) atoms. The Balaban J connectivity index is 1.36. The van der Waals surface area contributed by atoms with Gasteiger partial charge in [-0.3, -0.25) is 9.59 Å². The summed E-state index contributed by atoms with van der Waals surface area (Å²) in [4.78, 5) is 35.8. The molecule has 0 atom stereocenters. The molecule has 0 saturated carbocycles. The first-order valence-corrected chi connectivity index (χ1v) is 13.1. The average molecular weight is 531 g/mol. The molecule has 3 aromatic carbocycles. The number of azo groups is 1. The van der Waals surface area contributed by atoms with E-state index in [1.807, 2.05) is 55.5 Å². The molecule has 0 radical (unpaired) electrons. The molecular weight excluding hydrogens is 496 g/mol. The van der Waals surface area contributed by atoms with Crippen LogP contribution >= 0.6 is 0 Å². The van der Waals surface area contributed by atoms with E-state index in [4.69, 9.17) is 14.2 Å². The molecular formula is C31H34N2O6. The number of hydrogen-bond donors (Lipinski definition) is 0. The molecule has 0 saturated heterocycles. The molecule has 3 rings (SSSR count). The van der Waals surface area contributed by atoms with Crippen molar-refractivity contribution in [1.29, 1.82) is 0 Å². The van der Waals surface area contributed by atoms with Gasteiger partial charge < -0.3 is 14.2 Å². The van der Waals surface area contributed by atoms with Crippen molar-refractivity contribution in [2.75, 3.05) is 19.8 Å². The zero-order valence-electron chi connectivity index (χ0n) is 22.6. The number of rotatable bonds is 15. The summed E-state index contributed by atoms with van der Waals surface area (Å²) < 4.78 is 16.6. The largest absolute Gasteiger partial charge is 0.494 e. The number of nitrogens with zero attached hydrogens (tertiary/aromatic N) is 2. The van der Waals surface area contributed by atoms with Crippen LogP contribution in [-0.2, 0) is 9.53 Å². The van der Waals surface area contributed by atoms with Crippen molar-refractivity contribution in [1.82, 2.24) is 0 Å². The van der Waals surface area contributed by atoms with Crippen LogP contribution in [0, 0.1) is 6.92 Å². The molecule has 0 bridgehead atoms. The van der Waals surface area contributed by atoms with Gasteiger partial charge in [-0.2, -0.15) is 10.2 Å². The summed E-state index contributed by atoms with van der Waals surface area (Å²) in [7, 11) is 0. The van der Waals surface area contributed by atoms with Crippen LogP contribution in [-0.4, -0.2) is 37.4 Å². The van der Waals surface area contributed by atoms with Gasteiger partial charge in [0.15, 0.2) is 5.78 Å². The van der Waals surface area contributed by atoms with E-state index in [1.54, 1.807) is 6.92 Å². The van der Waals surface area contributed by atoms with Crippen LogP contribution in [0.5, 0.6) is 11.5 Å². The molecule has 0 aromatic heterocycles. The molecule has 0 spiro atoms. The van der Waals surface area contributed by atoms with Crippen LogP contribution in [0.4, 0.5) is 11.4 Å². The molecule has 0 aliphatic heterocycles. The maximum absolute atomic E-state index is 12.1. The first-order chi connectivity index (χ1) is 18.9. The number of benzene rings is 3. The third-order valence-electron chi connectivity index (χ3n) is 5.73. The van der Waals surface area contributed by atoms with Gasteiger partial charge in [-0.05, 0) is 94.1 Å². The van der Waals surface area contributed by atoms with Gasteiger partial charge in [0.2, 0.25) is 5.78 Å². The third-order valence-corrected chi connectivity index (χ3v) is 5.73. The van der Waals surface area contributed by atoms with Crippen LogP contribution < -0.4 is 9.47 Å². The van der Waals surface area contributed by atoms with Crippen molar-refractivity contribution in [3.05, 3.63) is 83.4 Å². The number of ether oxygens (including phenoxy) is 3. The highest BCUT2D eigenvalue weighted by Crippen LogP contribution is 2.22. The van der Waals surface area contributed by atoms with Crippen LogP contribution in [0.3, 0.4) is 0 Å². The van der Waals surface area contributed by atoms with Gasteiger partial charge in [0.05, 0.1) is 36.8 Å². The summed E-state index contributed by atoms with van der Waals surface area (Å²) in [5.41, 5.74) is 3.04. The quantitative estimate of drug-likeness (QED) is 0.0668. The number of carbonyl (C=O) groups is 3. The lowest BCUT2D eigenvalue weighted by atomic mass is 10.0. The molecule has 8 heteroatoms. The number of esters is 1. The zero-order valence-corrected chi connectivity index (χ0v) is 22.6. The summed E-state index contributed by atoms with van der Waals surface area (Å²) >= 11 is 0. The molecule has 0 amide bonds. The highest BCUT2D eigenvalue weighted by Gasteiger charge is 2.17. The van der Waals surface area contributed by atoms with Crippen molar-refractivity contribution in [3.63, 3.8) is 0 Å². The van der Waals surface area contributed by atoms with Gasteiger partial charge in [0.25, 0.3) is 0 Å². The Morgan fingerprint density at radius 3 is 1.79 bits per heavy atom. The van der Waals surface area contributed by atoms with E-state index in [-0.39, 0.29) is 17.7 Å². The fraction of sp³-hybridized carbons (Fsp3) is 0.323. The van der Waals surface area contributed by atoms with E-state index in [9.17, 15) is 14.4 Å². The highest BCUT2D eigenvalue weighted by molar-refractivity contribution is 6.43. The second-order valence-electron chi connectivity index (χ2n) is 8.99. The van der Waals surface area contributed by atoms with E-state index in [2.05, 4.69) is 10.2 Å². The van der Waals surface area contributed by atoms with Gasteiger partial charge in [0.1, 0.15) is 11.5 Å². The number of hydrogen-bond acceptors (Lipinski definition) is 8. The van der Waals surface area contributed by atoms with Crippen molar-refractivity contribution in [2.45, 2.75) is 46.5 Å². The van der Waals surface area contributed by atoms with E-state index in [1.165, 1.54) is 30.7 Å². The average Bonchev–Trinajstić information content (AvgIpc) is 2.94. The summed E-state index contributed by atoms with van der Waals surface area (Å²) in [6.07, 6.45) is 3.58. The molecule has 3 aromatic rings. The summed E-state index contributed by atoms with van der Waals surface area (Å²) in [6.45, 7) is 6.14. The van der Waals surface area contributed by atoms with Gasteiger partial charge in [-0.1, -0.05) is 17.7 Å². The molecule has 8 nitrogen and oxygen atoms in total. The van der Waals surface area contributed by atoms with Crippen LogP contribution in [0.2, 0.25) is 0 Å². The number of aryl methyl sites for hydroxylation is 1. The lowest BCUT2D eigenvalue weighted by Gasteiger charge is -2.10. The molecule has 0 aliphatic rings. The van der Waals surface area contributed by atoms with Crippen molar-refractivity contribution in [3.8, 4) is 11.5 Å². The predicted molar refractivity (Wildman–Crippen MR) is 149 cm³/mol. The molecule has 204 valence electrons. The molecule has 0 unspecified atom stereocenters. The van der Waals surface area contributed by atoms with Crippen molar-refractivity contribution < 1.29 is 28.6 Å². The Morgan fingerprint density at radius 2 is 1.23 bits per heavy atom. The van der Waals surface area contributed by atoms with E-state index >= 15 is 0 Å². The second-order valence-corrected chi connectivity index (χ2v) is 8.99. The maximum atomic E-state index is 12.1. The van der Waals surface area contributed by atoms with E-state index in [0.29, 0.717) is 19.0 Å². The second kappa shape index (κ2) is 15.2. The topological polar surface area (TPSA) is 104 Å². The number of ketones is 2. The minimum Gasteiger partial charge on any atom is -0.494 e. The van der Waals surface area contributed by atoms with Crippen molar-refractivity contribution in [2.24, 2.45) is 10.2 Å². The summed E-state index contributed by atoms with van der Waals surface area (Å²) in [6, 6.07) is 19.7. The Bertz CT molecular complexity index is 1280. The van der Waals surface area contributed by atoms with Crippen molar-refractivity contribution >= 4 is 28.9 Å². The first kappa shape index (κ1) is 29.2. The van der Waals surface area contributed by atoms with Crippen LogP contribution in [0.1, 0.15) is 65.8 Å². The molecule has 0 heterocycles. The molecule has 0 aliphatic carbocycles. The zero-order chi connectivity index (χ0) is 28.0. The predicted octanol–water partition coefficient (Wildman–Crippen LogP) is 7.38. The Morgan fingerprint density at radius 1 is 0.692 bits per heavy atom. The first-order valence-electron chi connectivity index (χ1n) is 13.1. The molecule has 0 N–H and O–H groups in total. The normalized spacial score (nSPS) is 10.8. The van der Waals surface area contributed by atoms with Gasteiger partial charge in [-0.15, -0.1) is 0 Å². The fourth-order valence-corrected chi connectivity index (χ4v) is 3.62. The lowest BCUT2D eigenvalue weighted by molar-refractivity contribution is -0.113. The van der Waals surface area contributed by atoms with Gasteiger partial charge >= 0.3 is 5.97 Å². The Labute approximate surface area is 229 Å².